The maximum atomic E-state index is 13.0. The Bertz CT molecular complexity index is 853. The average molecular weight is 396 g/mol. The molecule has 26 heavy (non-hydrogen) atoms. The molecule has 1 atom stereocenters. The Balaban J connectivity index is 1.90. The highest BCUT2D eigenvalue weighted by atomic mass is 35.5. The number of morpholine rings is 1. The van der Waals surface area contributed by atoms with E-state index >= 15 is 0 Å². The van der Waals surface area contributed by atoms with Gasteiger partial charge in [0, 0.05) is 19.3 Å². The van der Waals surface area contributed by atoms with Gasteiger partial charge in [0.2, 0.25) is 15.9 Å². The molecule has 138 valence electrons. The molecule has 3 rings (SSSR count). The summed E-state index contributed by atoms with van der Waals surface area (Å²) in [5.41, 5.74) is 0.564. The fourth-order valence-corrected chi connectivity index (χ4v) is 3.85. The molecule has 1 fully saturated rings. The summed E-state index contributed by atoms with van der Waals surface area (Å²) in [7, 11) is -3.96. The fraction of sp³-hybridized carbons (Fsp3) is 0.294. The lowest BCUT2D eigenvalue weighted by molar-refractivity contribution is -0.137. The summed E-state index contributed by atoms with van der Waals surface area (Å²) in [6.07, 6.45) is 1.16. The standard InChI is InChI=1S/C17H18ClN3O4S/c18-15-7-6-14(12-19-15)26(23,24)20-16(13-4-2-1-3-5-13)17(22)21-8-10-25-11-9-21/h1-7,12,16,20H,8-11H2/t16-/m0/s1. The third kappa shape index (κ3) is 4.39. The number of amides is 1. The van der Waals surface area contributed by atoms with Gasteiger partial charge in [-0.2, -0.15) is 4.72 Å². The Kier molecular flexibility index (Phi) is 5.87. The van der Waals surface area contributed by atoms with Gasteiger partial charge >= 0.3 is 0 Å². The summed E-state index contributed by atoms with van der Waals surface area (Å²) in [5, 5.41) is 0.188. The predicted octanol–water partition coefficient (Wildman–Crippen LogP) is 1.61. The number of aromatic nitrogens is 1. The molecule has 9 heteroatoms. The van der Waals surface area contributed by atoms with Gasteiger partial charge in [0.1, 0.15) is 16.1 Å². The summed E-state index contributed by atoms with van der Waals surface area (Å²) in [4.78, 5) is 18.3. The zero-order chi connectivity index (χ0) is 18.6. The molecule has 1 aromatic heterocycles. The van der Waals surface area contributed by atoms with Crippen molar-refractivity contribution in [1.82, 2.24) is 14.6 Å². The normalized spacial score (nSPS) is 16.3. The van der Waals surface area contributed by atoms with E-state index in [-0.39, 0.29) is 16.0 Å². The monoisotopic (exact) mass is 395 g/mol. The molecule has 2 heterocycles. The maximum absolute atomic E-state index is 13.0. The Hall–Kier alpha value is -2.00. The van der Waals surface area contributed by atoms with E-state index in [1.165, 1.54) is 12.1 Å². The molecule has 1 N–H and O–H groups in total. The second-order valence-corrected chi connectivity index (χ2v) is 7.82. The minimum absolute atomic E-state index is 0.0578. The number of ether oxygens (including phenoxy) is 1. The van der Waals surface area contributed by atoms with Crippen LogP contribution in [0.15, 0.2) is 53.6 Å². The van der Waals surface area contributed by atoms with Crippen molar-refractivity contribution in [3.63, 3.8) is 0 Å². The second kappa shape index (κ2) is 8.13. The van der Waals surface area contributed by atoms with Gasteiger partial charge in [0.05, 0.1) is 13.2 Å². The molecule has 1 saturated heterocycles. The number of halogens is 1. The van der Waals surface area contributed by atoms with Crippen molar-refractivity contribution in [2.75, 3.05) is 26.3 Å². The van der Waals surface area contributed by atoms with E-state index in [2.05, 4.69) is 9.71 Å². The van der Waals surface area contributed by atoms with Gasteiger partial charge in [-0.25, -0.2) is 13.4 Å². The highest BCUT2D eigenvalue weighted by Gasteiger charge is 2.31. The van der Waals surface area contributed by atoms with Gasteiger partial charge < -0.3 is 9.64 Å². The zero-order valence-electron chi connectivity index (χ0n) is 13.8. The number of carbonyl (C=O) groups is 1. The van der Waals surface area contributed by atoms with Gasteiger partial charge in [0.25, 0.3) is 0 Å². The smallest absolute Gasteiger partial charge is 0.245 e. The minimum Gasteiger partial charge on any atom is -0.378 e. The molecule has 1 aliphatic rings. The van der Waals surface area contributed by atoms with E-state index in [0.717, 1.165) is 6.20 Å². The molecule has 1 aromatic carbocycles. The Morgan fingerprint density at radius 3 is 2.46 bits per heavy atom. The molecule has 2 aromatic rings. The second-order valence-electron chi connectivity index (χ2n) is 5.72. The average Bonchev–Trinajstić information content (AvgIpc) is 2.67. The lowest BCUT2D eigenvalue weighted by atomic mass is 10.1. The van der Waals surface area contributed by atoms with Crippen LogP contribution in [0.25, 0.3) is 0 Å². The first-order valence-corrected chi connectivity index (χ1v) is 9.89. The summed E-state index contributed by atoms with van der Waals surface area (Å²) in [5.74, 6) is -0.315. The van der Waals surface area contributed by atoms with E-state index in [0.29, 0.717) is 31.9 Å². The topological polar surface area (TPSA) is 88.6 Å². The van der Waals surface area contributed by atoms with Crippen molar-refractivity contribution in [2.24, 2.45) is 0 Å². The number of hydrogen-bond acceptors (Lipinski definition) is 5. The van der Waals surface area contributed by atoms with Crippen molar-refractivity contribution in [2.45, 2.75) is 10.9 Å². The summed E-state index contributed by atoms with van der Waals surface area (Å²) in [6, 6.07) is 10.4. The van der Waals surface area contributed by atoms with E-state index in [1.54, 1.807) is 35.2 Å². The highest BCUT2D eigenvalue weighted by Crippen LogP contribution is 2.20. The molecular weight excluding hydrogens is 378 g/mol. The van der Waals surface area contributed by atoms with Crippen molar-refractivity contribution in [3.8, 4) is 0 Å². The first-order valence-electron chi connectivity index (χ1n) is 8.03. The number of sulfonamides is 1. The lowest BCUT2D eigenvalue weighted by Gasteiger charge is -2.30. The number of nitrogens with zero attached hydrogens (tertiary/aromatic N) is 2. The van der Waals surface area contributed by atoms with Crippen molar-refractivity contribution >= 4 is 27.5 Å². The number of hydrogen-bond donors (Lipinski definition) is 1. The van der Waals surface area contributed by atoms with Crippen LogP contribution in [0.2, 0.25) is 5.15 Å². The fourth-order valence-electron chi connectivity index (χ4n) is 2.62. The Morgan fingerprint density at radius 2 is 1.85 bits per heavy atom. The van der Waals surface area contributed by atoms with Gasteiger partial charge in [-0.3, -0.25) is 4.79 Å². The summed E-state index contributed by atoms with van der Waals surface area (Å²) < 4.78 is 33.2. The SMILES string of the molecule is O=C([C@@H](NS(=O)(=O)c1ccc(Cl)nc1)c1ccccc1)N1CCOCC1. The van der Waals surface area contributed by atoms with Gasteiger partial charge in [-0.05, 0) is 17.7 Å². The number of carbonyl (C=O) groups excluding carboxylic acids is 1. The van der Waals surface area contributed by atoms with Gasteiger partial charge in [0.15, 0.2) is 0 Å². The zero-order valence-corrected chi connectivity index (χ0v) is 15.4. The molecule has 1 aliphatic heterocycles. The molecule has 1 amide bonds. The van der Waals surface area contributed by atoms with Crippen LogP contribution in [-0.4, -0.2) is 50.5 Å². The van der Waals surface area contributed by atoms with Crippen LogP contribution in [0, 0.1) is 0 Å². The van der Waals surface area contributed by atoms with E-state index in [4.69, 9.17) is 16.3 Å². The molecular formula is C17H18ClN3O4S. The quantitative estimate of drug-likeness (QED) is 0.777. The molecule has 0 aliphatic carbocycles. The van der Waals surface area contributed by atoms with Crippen LogP contribution in [0.1, 0.15) is 11.6 Å². The van der Waals surface area contributed by atoms with Crippen LogP contribution < -0.4 is 4.72 Å². The van der Waals surface area contributed by atoms with Crippen LogP contribution in [-0.2, 0) is 19.6 Å². The van der Waals surface area contributed by atoms with Gasteiger partial charge in [-0.1, -0.05) is 41.9 Å². The van der Waals surface area contributed by atoms with Crippen molar-refractivity contribution in [3.05, 3.63) is 59.4 Å². The van der Waals surface area contributed by atoms with Crippen LogP contribution in [0.3, 0.4) is 0 Å². The third-order valence-electron chi connectivity index (χ3n) is 3.99. The van der Waals surface area contributed by atoms with Crippen LogP contribution in [0.5, 0.6) is 0 Å². The van der Waals surface area contributed by atoms with Crippen molar-refractivity contribution < 1.29 is 17.9 Å². The third-order valence-corrected chi connectivity index (χ3v) is 5.62. The van der Waals surface area contributed by atoms with Crippen LogP contribution in [0.4, 0.5) is 0 Å². The molecule has 0 spiro atoms. The number of nitrogens with one attached hydrogen (secondary N) is 1. The first kappa shape index (κ1) is 18.8. The summed E-state index contributed by atoms with van der Waals surface area (Å²) >= 11 is 5.72. The number of rotatable bonds is 5. The molecule has 0 unspecified atom stereocenters. The predicted molar refractivity (Wildman–Crippen MR) is 96.2 cm³/mol. The van der Waals surface area contributed by atoms with Crippen LogP contribution >= 0.6 is 11.6 Å². The molecule has 0 radical (unpaired) electrons. The van der Waals surface area contributed by atoms with E-state index in [1.807, 2.05) is 0 Å². The van der Waals surface area contributed by atoms with E-state index in [9.17, 15) is 13.2 Å². The first-order chi connectivity index (χ1) is 12.5. The highest BCUT2D eigenvalue weighted by molar-refractivity contribution is 7.89. The summed E-state index contributed by atoms with van der Waals surface area (Å²) in [6.45, 7) is 1.71. The largest absolute Gasteiger partial charge is 0.378 e. The Morgan fingerprint density at radius 1 is 1.15 bits per heavy atom. The Labute approximate surface area is 157 Å². The van der Waals surface area contributed by atoms with Crippen molar-refractivity contribution in [1.29, 1.82) is 0 Å². The van der Waals surface area contributed by atoms with Gasteiger partial charge in [-0.15, -0.1) is 0 Å². The lowest BCUT2D eigenvalue weighted by Crippen LogP contribution is -2.47. The molecule has 7 nitrogen and oxygen atoms in total. The number of pyridine rings is 1. The maximum Gasteiger partial charge on any atom is 0.245 e. The minimum atomic E-state index is -3.96. The van der Waals surface area contributed by atoms with E-state index < -0.39 is 16.1 Å². The molecule has 0 saturated carbocycles. The number of benzene rings is 1. The molecule has 0 bridgehead atoms.